The van der Waals surface area contributed by atoms with Crippen molar-refractivity contribution in [3.63, 3.8) is 0 Å². The highest BCUT2D eigenvalue weighted by atomic mass is 35.5. The van der Waals surface area contributed by atoms with E-state index in [0.29, 0.717) is 18.2 Å². The monoisotopic (exact) mass is 316 g/mol. The third kappa shape index (κ3) is 4.09. The van der Waals surface area contributed by atoms with Crippen LogP contribution in [0.1, 0.15) is 5.56 Å². The summed E-state index contributed by atoms with van der Waals surface area (Å²) in [5.74, 6) is 0. The first-order chi connectivity index (χ1) is 9.54. The first-order valence-corrected chi connectivity index (χ1v) is 6.34. The maximum atomic E-state index is 10.5. The number of nitro groups is 1. The van der Waals surface area contributed by atoms with Crippen molar-refractivity contribution in [2.45, 2.75) is 6.42 Å². The van der Waals surface area contributed by atoms with E-state index >= 15 is 0 Å². The highest BCUT2D eigenvalue weighted by Gasteiger charge is 2.10. The van der Waals surface area contributed by atoms with Gasteiger partial charge in [0.05, 0.1) is 11.5 Å². The molecule has 0 unspecified atom stereocenters. The van der Waals surface area contributed by atoms with Crippen molar-refractivity contribution >= 4 is 34.1 Å². The van der Waals surface area contributed by atoms with E-state index in [9.17, 15) is 10.1 Å². The minimum atomic E-state index is -0.441. The van der Waals surface area contributed by atoms with E-state index in [0.717, 1.165) is 10.8 Å². The van der Waals surface area contributed by atoms with Gasteiger partial charge in [0.1, 0.15) is 5.16 Å². The van der Waals surface area contributed by atoms with Crippen molar-refractivity contribution in [2.24, 2.45) is 5.10 Å². The first kappa shape index (κ1) is 14.6. The van der Waals surface area contributed by atoms with Crippen LogP contribution in [0, 0.1) is 10.1 Å². The quantitative estimate of drug-likeness (QED) is 0.513. The van der Waals surface area contributed by atoms with Crippen molar-refractivity contribution in [3.8, 4) is 0 Å². The second-order valence-electron chi connectivity index (χ2n) is 3.81. The lowest BCUT2D eigenvalue weighted by Gasteiger charge is -2.21. The molecule has 1 aromatic carbocycles. The summed E-state index contributed by atoms with van der Waals surface area (Å²) in [6.45, 7) is 0.308. The Bertz CT molecular complexity index is 559. The molecule has 1 N–H and O–H groups in total. The maximum absolute atomic E-state index is 10.5. The van der Waals surface area contributed by atoms with Crippen LogP contribution in [0.25, 0.3) is 0 Å². The van der Waals surface area contributed by atoms with Gasteiger partial charge in [-0.2, -0.15) is 0 Å². The number of hydrogen-bond acceptors (Lipinski definition) is 6. The number of rotatable bonds is 5. The van der Waals surface area contributed by atoms with E-state index in [2.05, 4.69) is 10.5 Å². The Balaban J connectivity index is 1.81. The predicted molar refractivity (Wildman–Crippen MR) is 75.0 cm³/mol. The van der Waals surface area contributed by atoms with Crippen molar-refractivity contribution in [2.75, 3.05) is 6.61 Å². The number of hydrazine groups is 1. The van der Waals surface area contributed by atoms with Crippen molar-refractivity contribution in [1.29, 1.82) is 0 Å². The molecule has 0 radical (unpaired) electrons. The molecule has 2 rings (SSSR count). The van der Waals surface area contributed by atoms with Crippen LogP contribution in [0.2, 0.25) is 0 Å². The number of hydrazone groups is 1. The Morgan fingerprint density at radius 1 is 1.35 bits per heavy atom. The van der Waals surface area contributed by atoms with E-state index in [1.165, 1.54) is 18.2 Å². The summed E-state index contributed by atoms with van der Waals surface area (Å²) in [6.07, 6.45) is 2.00. The molecule has 0 aromatic heterocycles. The Morgan fingerprint density at radius 3 is 2.65 bits per heavy atom. The maximum Gasteiger partial charge on any atom is 0.269 e. The summed E-state index contributed by atoms with van der Waals surface area (Å²) in [7, 11) is 0. The molecular formula is C11H10Cl2N4O3. The zero-order chi connectivity index (χ0) is 14.5. The second kappa shape index (κ2) is 6.56. The number of hydrogen-bond donors (Lipinski definition) is 1. The van der Waals surface area contributed by atoms with Crippen molar-refractivity contribution in [1.82, 2.24) is 10.7 Å². The smallest absolute Gasteiger partial charge is 0.258 e. The molecule has 20 heavy (non-hydrogen) atoms. The number of non-ortho nitro benzene ring substituents is 1. The zero-order valence-corrected chi connectivity index (χ0v) is 11.6. The van der Waals surface area contributed by atoms with Crippen LogP contribution in [-0.2, 0) is 11.3 Å². The average molecular weight is 317 g/mol. The van der Waals surface area contributed by atoms with Gasteiger partial charge in [0.25, 0.3) is 5.69 Å². The number of halogens is 2. The van der Waals surface area contributed by atoms with Gasteiger partial charge in [-0.25, -0.2) is 10.3 Å². The van der Waals surface area contributed by atoms with Crippen molar-refractivity contribution in [3.05, 3.63) is 51.2 Å². The second-order valence-corrected chi connectivity index (χ2v) is 4.60. The Kier molecular flexibility index (Phi) is 4.78. The van der Waals surface area contributed by atoms with Gasteiger partial charge >= 0.3 is 0 Å². The van der Waals surface area contributed by atoms with Crippen LogP contribution in [0.15, 0.2) is 40.6 Å². The molecule has 7 nitrogen and oxygen atoms in total. The summed E-state index contributed by atoms with van der Waals surface area (Å²) >= 11 is 11.5. The van der Waals surface area contributed by atoms with Gasteiger partial charge in [0.15, 0.2) is 5.17 Å². The lowest BCUT2D eigenvalue weighted by atomic mass is 10.1. The molecule has 0 atom stereocenters. The number of allylic oxidation sites excluding steroid dienone is 1. The van der Waals surface area contributed by atoms with Crippen LogP contribution >= 0.6 is 23.2 Å². The average Bonchev–Trinajstić information content (AvgIpc) is 2.38. The molecule has 0 fully saturated rings. The Labute approximate surface area is 124 Å². The van der Waals surface area contributed by atoms with E-state index in [1.54, 1.807) is 12.1 Å². The molecule has 0 saturated carbocycles. The molecule has 1 aromatic rings. The minimum Gasteiger partial charge on any atom is -0.258 e. The first-order valence-electron chi connectivity index (χ1n) is 5.59. The lowest BCUT2D eigenvalue weighted by Crippen LogP contribution is -2.35. The van der Waals surface area contributed by atoms with Crippen LogP contribution in [0.3, 0.4) is 0 Å². The fourth-order valence-electron chi connectivity index (χ4n) is 1.46. The summed E-state index contributed by atoms with van der Waals surface area (Å²) in [5, 5.41) is 15.9. The van der Waals surface area contributed by atoms with Gasteiger partial charge in [-0.3, -0.25) is 10.1 Å². The summed E-state index contributed by atoms with van der Waals surface area (Å²) < 4.78 is 0. The van der Waals surface area contributed by atoms with Crippen molar-refractivity contribution < 1.29 is 9.76 Å². The standard InChI is InChI=1S/C11H10Cl2N4O3/c12-10-7-11(13)15-17(14-10)20-6-5-8-1-3-9(4-2-8)16(18)19/h1-4,7,14H,5-6H2. The van der Waals surface area contributed by atoms with E-state index in [1.807, 2.05) is 0 Å². The molecule has 1 heterocycles. The van der Waals surface area contributed by atoms with E-state index < -0.39 is 4.92 Å². The Hall–Kier alpha value is -1.83. The highest BCUT2D eigenvalue weighted by molar-refractivity contribution is 6.69. The van der Waals surface area contributed by atoms with Gasteiger partial charge in [-0.15, -0.1) is 5.10 Å². The minimum absolute atomic E-state index is 0.0562. The number of benzene rings is 1. The zero-order valence-electron chi connectivity index (χ0n) is 10.1. The number of nitro benzene ring substituents is 1. The Morgan fingerprint density at radius 2 is 2.05 bits per heavy atom. The van der Waals surface area contributed by atoms with Crippen LogP contribution in [0.4, 0.5) is 5.69 Å². The normalized spacial score (nSPS) is 14.4. The SMILES string of the molecule is O=[N+]([O-])c1ccc(CCON2N=C(Cl)C=C(Cl)N2)cc1. The molecule has 0 amide bonds. The van der Waals surface area contributed by atoms with Gasteiger partial charge in [-0.1, -0.05) is 40.6 Å². The largest absolute Gasteiger partial charge is 0.269 e. The van der Waals surface area contributed by atoms with Gasteiger partial charge in [0, 0.05) is 18.2 Å². The highest BCUT2D eigenvalue weighted by Crippen LogP contribution is 2.13. The van der Waals surface area contributed by atoms with Gasteiger partial charge < -0.3 is 0 Å². The van der Waals surface area contributed by atoms with Gasteiger partial charge in [-0.05, 0) is 12.0 Å². The molecule has 0 bridgehead atoms. The van der Waals surface area contributed by atoms with Crippen LogP contribution < -0.4 is 5.43 Å². The summed E-state index contributed by atoms with van der Waals surface area (Å²) in [5.41, 5.74) is 3.60. The number of nitrogens with one attached hydrogen (secondary N) is 1. The molecular weight excluding hydrogens is 307 g/mol. The number of nitrogens with zero attached hydrogens (tertiary/aromatic N) is 3. The van der Waals surface area contributed by atoms with Crippen LogP contribution in [-0.4, -0.2) is 22.0 Å². The molecule has 0 saturated heterocycles. The predicted octanol–water partition coefficient (Wildman–Crippen LogP) is 2.52. The molecule has 1 aliphatic heterocycles. The van der Waals surface area contributed by atoms with E-state index in [-0.39, 0.29) is 10.9 Å². The third-order valence-corrected chi connectivity index (χ3v) is 2.76. The molecule has 0 spiro atoms. The fraction of sp³-hybridized carbons (Fsp3) is 0.182. The van der Waals surface area contributed by atoms with Crippen LogP contribution in [0.5, 0.6) is 0 Å². The summed E-state index contributed by atoms with van der Waals surface area (Å²) in [6, 6.07) is 6.24. The summed E-state index contributed by atoms with van der Waals surface area (Å²) in [4.78, 5) is 15.4. The van der Waals surface area contributed by atoms with E-state index in [4.69, 9.17) is 28.0 Å². The molecule has 0 aliphatic carbocycles. The fourth-order valence-corrected chi connectivity index (χ4v) is 1.87. The third-order valence-electron chi connectivity index (χ3n) is 2.39. The molecule has 106 valence electrons. The topological polar surface area (TPSA) is 80.0 Å². The molecule has 1 aliphatic rings. The lowest BCUT2D eigenvalue weighted by molar-refractivity contribution is -0.384. The molecule has 9 heteroatoms. The van der Waals surface area contributed by atoms with Gasteiger partial charge in [0.2, 0.25) is 0 Å².